The van der Waals surface area contributed by atoms with Gasteiger partial charge in [-0.1, -0.05) is 13.8 Å². The van der Waals surface area contributed by atoms with Gasteiger partial charge in [0.1, 0.15) is 0 Å². The Hall–Kier alpha value is -0.770. The fourth-order valence-electron chi connectivity index (χ4n) is 2.09. The van der Waals surface area contributed by atoms with Crippen LogP contribution in [-0.4, -0.2) is 41.8 Å². The van der Waals surface area contributed by atoms with E-state index in [0.717, 1.165) is 25.7 Å². The Labute approximate surface area is 104 Å². The molecule has 4 heteroatoms. The lowest BCUT2D eigenvalue weighted by molar-refractivity contribution is -0.0228. The normalized spacial score (nSPS) is 21.9. The van der Waals surface area contributed by atoms with E-state index in [-0.39, 0.29) is 6.03 Å². The first-order chi connectivity index (χ1) is 7.78. The van der Waals surface area contributed by atoms with Gasteiger partial charge in [-0.2, -0.15) is 0 Å². The van der Waals surface area contributed by atoms with Crippen molar-refractivity contribution in [2.45, 2.75) is 52.1 Å². The Morgan fingerprint density at radius 2 is 1.82 bits per heavy atom. The number of carbonyl (C=O) groups is 1. The molecule has 0 radical (unpaired) electrons. The Balaban J connectivity index is 2.39. The SMILES string of the molecule is CCN(C)C(=O)NCC1(O)CCC(C)(C)CC1. The smallest absolute Gasteiger partial charge is 0.317 e. The van der Waals surface area contributed by atoms with Crippen LogP contribution < -0.4 is 5.32 Å². The Morgan fingerprint density at radius 1 is 1.29 bits per heavy atom. The number of aliphatic hydroxyl groups is 1. The van der Waals surface area contributed by atoms with Gasteiger partial charge in [-0.05, 0) is 38.0 Å². The van der Waals surface area contributed by atoms with E-state index in [1.165, 1.54) is 0 Å². The van der Waals surface area contributed by atoms with Gasteiger partial charge in [0.15, 0.2) is 0 Å². The van der Waals surface area contributed by atoms with E-state index in [1.54, 1.807) is 11.9 Å². The van der Waals surface area contributed by atoms with E-state index in [2.05, 4.69) is 19.2 Å². The highest BCUT2D eigenvalue weighted by Crippen LogP contribution is 2.39. The van der Waals surface area contributed by atoms with Gasteiger partial charge in [-0.3, -0.25) is 0 Å². The van der Waals surface area contributed by atoms with Crippen molar-refractivity contribution in [1.29, 1.82) is 0 Å². The van der Waals surface area contributed by atoms with Crippen LogP contribution in [0, 0.1) is 5.41 Å². The minimum Gasteiger partial charge on any atom is -0.388 e. The molecule has 1 rings (SSSR count). The number of rotatable bonds is 3. The Morgan fingerprint density at radius 3 is 2.29 bits per heavy atom. The summed E-state index contributed by atoms with van der Waals surface area (Å²) in [6.07, 6.45) is 3.58. The van der Waals surface area contributed by atoms with Crippen molar-refractivity contribution in [2.75, 3.05) is 20.1 Å². The van der Waals surface area contributed by atoms with Gasteiger partial charge in [-0.25, -0.2) is 4.79 Å². The van der Waals surface area contributed by atoms with Crippen LogP contribution in [0.25, 0.3) is 0 Å². The molecule has 0 saturated heterocycles. The van der Waals surface area contributed by atoms with Gasteiger partial charge in [-0.15, -0.1) is 0 Å². The molecule has 1 saturated carbocycles. The maximum Gasteiger partial charge on any atom is 0.317 e. The average Bonchev–Trinajstić information content (AvgIpc) is 2.30. The van der Waals surface area contributed by atoms with Crippen molar-refractivity contribution < 1.29 is 9.90 Å². The number of nitrogens with zero attached hydrogens (tertiary/aromatic N) is 1. The maximum absolute atomic E-state index is 11.6. The zero-order valence-electron chi connectivity index (χ0n) is 11.5. The van der Waals surface area contributed by atoms with Gasteiger partial charge < -0.3 is 15.3 Å². The second-order valence-electron chi connectivity index (χ2n) is 6.06. The van der Waals surface area contributed by atoms with Crippen LogP contribution in [0.2, 0.25) is 0 Å². The number of urea groups is 1. The van der Waals surface area contributed by atoms with Gasteiger partial charge in [0, 0.05) is 20.1 Å². The minimum absolute atomic E-state index is 0.106. The molecule has 0 unspecified atom stereocenters. The first kappa shape index (κ1) is 14.3. The summed E-state index contributed by atoms with van der Waals surface area (Å²) in [6.45, 7) is 7.44. The third-order valence-electron chi connectivity index (χ3n) is 3.92. The number of carbonyl (C=O) groups excluding carboxylic acids is 1. The summed E-state index contributed by atoms with van der Waals surface area (Å²) < 4.78 is 0. The average molecular weight is 242 g/mol. The quantitative estimate of drug-likeness (QED) is 0.795. The molecule has 0 aromatic rings. The third kappa shape index (κ3) is 4.19. The summed E-state index contributed by atoms with van der Waals surface area (Å²) in [4.78, 5) is 13.2. The number of nitrogens with one attached hydrogen (secondary N) is 1. The molecular formula is C13H26N2O2. The van der Waals surface area contributed by atoms with Crippen molar-refractivity contribution in [2.24, 2.45) is 5.41 Å². The van der Waals surface area contributed by atoms with E-state index >= 15 is 0 Å². The molecule has 0 aliphatic heterocycles. The van der Waals surface area contributed by atoms with Crippen LogP contribution in [0.4, 0.5) is 4.79 Å². The molecule has 0 heterocycles. The van der Waals surface area contributed by atoms with Crippen molar-refractivity contribution in [3.63, 3.8) is 0 Å². The minimum atomic E-state index is -0.709. The summed E-state index contributed by atoms with van der Waals surface area (Å²) in [5, 5.41) is 13.2. The summed E-state index contributed by atoms with van der Waals surface area (Å²) in [6, 6.07) is -0.106. The molecule has 0 aromatic heterocycles. The summed E-state index contributed by atoms with van der Waals surface area (Å²) in [5.74, 6) is 0. The summed E-state index contributed by atoms with van der Waals surface area (Å²) in [7, 11) is 1.75. The molecule has 0 aromatic carbocycles. The van der Waals surface area contributed by atoms with Crippen LogP contribution in [0.1, 0.15) is 46.5 Å². The fourth-order valence-corrected chi connectivity index (χ4v) is 2.09. The third-order valence-corrected chi connectivity index (χ3v) is 3.92. The van der Waals surface area contributed by atoms with Crippen LogP contribution in [0.5, 0.6) is 0 Å². The fraction of sp³-hybridized carbons (Fsp3) is 0.923. The van der Waals surface area contributed by atoms with Gasteiger partial charge in [0.05, 0.1) is 5.60 Å². The van der Waals surface area contributed by atoms with Crippen molar-refractivity contribution in [1.82, 2.24) is 10.2 Å². The first-order valence-electron chi connectivity index (χ1n) is 6.49. The highest BCUT2D eigenvalue weighted by Gasteiger charge is 2.36. The predicted molar refractivity (Wildman–Crippen MR) is 68.9 cm³/mol. The van der Waals surface area contributed by atoms with Gasteiger partial charge >= 0.3 is 6.03 Å². The highest BCUT2D eigenvalue weighted by atomic mass is 16.3. The highest BCUT2D eigenvalue weighted by molar-refractivity contribution is 5.73. The lowest BCUT2D eigenvalue weighted by atomic mass is 9.71. The number of hydrogen-bond donors (Lipinski definition) is 2. The van der Waals surface area contributed by atoms with E-state index in [4.69, 9.17) is 0 Å². The van der Waals surface area contributed by atoms with E-state index < -0.39 is 5.60 Å². The second kappa shape index (κ2) is 5.25. The molecule has 2 amide bonds. The molecule has 100 valence electrons. The summed E-state index contributed by atoms with van der Waals surface area (Å²) in [5.41, 5.74) is -0.379. The molecule has 1 aliphatic carbocycles. The number of hydrogen-bond acceptors (Lipinski definition) is 2. The molecule has 1 fully saturated rings. The number of amides is 2. The Bertz CT molecular complexity index is 267. The van der Waals surface area contributed by atoms with Gasteiger partial charge in [0.2, 0.25) is 0 Å². The van der Waals surface area contributed by atoms with E-state index in [1.807, 2.05) is 6.92 Å². The Kier molecular flexibility index (Phi) is 4.42. The van der Waals surface area contributed by atoms with Crippen molar-refractivity contribution in [3.05, 3.63) is 0 Å². The lowest BCUT2D eigenvalue weighted by Gasteiger charge is -2.40. The van der Waals surface area contributed by atoms with Crippen LogP contribution >= 0.6 is 0 Å². The molecule has 17 heavy (non-hydrogen) atoms. The predicted octanol–water partition coefficient (Wildman–Crippen LogP) is 1.98. The topological polar surface area (TPSA) is 52.6 Å². The van der Waals surface area contributed by atoms with Crippen molar-refractivity contribution in [3.8, 4) is 0 Å². The van der Waals surface area contributed by atoms with E-state index in [9.17, 15) is 9.90 Å². The first-order valence-corrected chi connectivity index (χ1v) is 6.49. The second-order valence-corrected chi connectivity index (χ2v) is 6.06. The molecule has 4 nitrogen and oxygen atoms in total. The van der Waals surface area contributed by atoms with Crippen LogP contribution in [-0.2, 0) is 0 Å². The van der Waals surface area contributed by atoms with Gasteiger partial charge in [0.25, 0.3) is 0 Å². The lowest BCUT2D eigenvalue weighted by Crippen LogP contribution is -2.49. The molecular weight excluding hydrogens is 216 g/mol. The van der Waals surface area contributed by atoms with Crippen molar-refractivity contribution >= 4 is 6.03 Å². The molecule has 0 spiro atoms. The zero-order chi connectivity index (χ0) is 13.1. The maximum atomic E-state index is 11.6. The van der Waals surface area contributed by atoms with Crippen LogP contribution in [0.3, 0.4) is 0 Å². The zero-order valence-corrected chi connectivity index (χ0v) is 11.5. The van der Waals surface area contributed by atoms with Crippen LogP contribution in [0.15, 0.2) is 0 Å². The van der Waals surface area contributed by atoms with E-state index in [0.29, 0.717) is 18.5 Å². The molecule has 0 atom stereocenters. The monoisotopic (exact) mass is 242 g/mol. The molecule has 1 aliphatic rings. The standard InChI is InChI=1S/C13H26N2O2/c1-5-15(4)11(16)14-10-13(17)8-6-12(2,3)7-9-13/h17H,5-10H2,1-4H3,(H,14,16). The summed E-state index contributed by atoms with van der Waals surface area (Å²) >= 11 is 0. The molecule has 2 N–H and O–H groups in total. The largest absolute Gasteiger partial charge is 0.388 e. The molecule has 0 bridgehead atoms.